The third kappa shape index (κ3) is 5.62. The van der Waals surface area contributed by atoms with Gasteiger partial charge in [-0.1, -0.05) is 62.9 Å². The van der Waals surface area contributed by atoms with Crippen molar-refractivity contribution in [2.45, 2.75) is 76.9 Å². The summed E-state index contributed by atoms with van der Waals surface area (Å²) in [7, 11) is 0. The van der Waals surface area contributed by atoms with Crippen LogP contribution in [-0.2, 0) is 4.74 Å². The van der Waals surface area contributed by atoms with Crippen LogP contribution < -0.4 is 0 Å². The van der Waals surface area contributed by atoms with Gasteiger partial charge in [0.2, 0.25) is 0 Å². The highest BCUT2D eigenvalue weighted by molar-refractivity contribution is 5.96. The van der Waals surface area contributed by atoms with Gasteiger partial charge in [0, 0.05) is 12.0 Å². The summed E-state index contributed by atoms with van der Waals surface area (Å²) < 4.78 is 6.14. The molecule has 1 aromatic rings. The molecule has 2 atom stereocenters. The van der Waals surface area contributed by atoms with Crippen molar-refractivity contribution in [3.8, 4) is 0 Å². The number of Topliss-reactive ketones (excluding diaryl/α,β-unsaturated/α-hetero) is 1. The molecule has 1 aliphatic rings. The fraction of sp³-hybridized carbons (Fsp3) is 0.632. The summed E-state index contributed by atoms with van der Waals surface area (Å²) in [5.74, 6) is 0.215. The Hall–Kier alpha value is -1.15. The first-order valence-corrected chi connectivity index (χ1v) is 8.53. The Labute approximate surface area is 128 Å². The Morgan fingerprint density at radius 3 is 2.62 bits per heavy atom. The van der Waals surface area contributed by atoms with Crippen LogP contribution in [0.4, 0.5) is 0 Å². The van der Waals surface area contributed by atoms with Gasteiger partial charge in [0.15, 0.2) is 5.78 Å². The number of hydrogen-bond donors (Lipinski definition) is 0. The van der Waals surface area contributed by atoms with Gasteiger partial charge in [-0.3, -0.25) is 4.79 Å². The lowest BCUT2D eigenvalue weighted by Crippen LogP contribution is -2.29. The Morgan fingerprint density at radius 2 is 1.86 bits per heavy atom. The molecule has 0 amide bonds. The number of rotatable bonds is 8. The van der Waals surface area contributed by atoms with Gasteiger partial charge in [0.05, 0.1) is 12.2 Å². The number of ether oxygens (including phenoxy) is 1. The third-order valence-corrected chi connectivity index (χ3v) is 4.33. The Balaban J connectivity index is 1.74. The number of unbranched alkanes of at least 4 members (excludes halogenated alkanes) is 3. The lowest BCUT2D eigenvalue weighted by Gasteiger charge is -2.30. The van der Waals surface area contributed by atoms with Crippen molar-refractivity contribution in [2.24, 2.45) is 0 Å². The second-order valence-electron chi connectivity index (χ2n) is 6.15. The van der Waals surface area contributed by atoms with Crippen molar-refractivity contribution in [3.63, 3.8) is 0 Å². The molecule has 0 spiro atoms. The van der Waals surface area contributed by atoms with Crippen molar-refractivity contribution in [2.75, 3.05) is 0 Å². The normalized spacial score (nSPS) is 22.1. The molecule has 0 saturated carbocycles. The van der Waals surface area contributed by atoms with E-state index in [1.807, 2.05) is 30.3 Å². The van der Waals surface area contributed by atoms with Crippen molar-refractivity contribution in [1.29, 1.82) is 0 Å². The van der Waals surface area contributed by atoms with Crippen molar-refractivity contribution in [3.05, 3.63) is 35.9 Å². The molecular weight excluding hydrogens is 260 g/mol. The zero-order valence-electron chi connectivity index (χ0n) is 13.2. The van der Waals surface area contributed by atoms with Crippen LogP contribution in [0.25, 0.3) is 0 Å². The van der Waals surface area contributed by atoms with E-state index in [4.69, 9.17) is 4.74 Å². The van der Waals surface area contributed by atoms with E-state index < -0.39 is 0 Å². The SMILES string of the molecule is CCCCCC[C@@H]1CCC[C@H](CC(=O)c2ccccc2)O1. The standard InChI is InChI=1S/C19H28O2/c1-2-3-4-8-12-17-13-9-14-18(21-17)15-19(20)16-10-6-5-7-11-16/h5-7,10-11,17-18H,2-4,8-9,12-15H2,1H3/t17-,18-/m1/s1. The fourth-order valence-electron chi connectivity index (χ4n) is 3.09. The molecule has 1 aromatic carbocycles. The highest BCUT2D eigenvalue weighted by atomic mass is 16.5. The first-order valence-electron chi connectivity index (χ1n) is 8.53. The average molecular weight is 288 g/mol. The van der Waals surface area contributed by atoms with E-state index in [9.17, 15) is 4.79 Å². The lowest BCUT2D eigenvalue weighted by molar-refractivity contribution is -0.0531. The molecular formula is C19H28O2. The van der Waals surface area contributed by atoms with Gasteiger partial charge in [-0.15, -0.1) is 0 Å². The van der Waals surface area contributed by atoms with Crippen molar-refractivity contribution >= 4 is 5.78 Å². The van der Waals surface area contributed by atoms with E-state index in [1.165, 1.54) is 38.5 Å². The lowest BCUT2D eigenvalue weighted by atomic mass is 9.95. The van der Waals surface area contributed by atoms with Crippen LogP contribution in [0.1, 0.15) is 75.1 Å². The van der Waals surface area contributed by atoms with E-state index in [1.54, 1.807) is 0 Å². The number of carbonyl (C=O) groups excluding carboxylic acids is 1. The highest BCUT2D eigenvalue weighted by Crippen LogP contribution is 2.25. The minimum Gasteiger partial charge on any atom is -0.375 e. The molecule has 1 saturated heterocycles. The number of carbonyl (C=O) groups is 1. The van der Waals surface area contributed by atoms with Gasteiger partial charge in [0.25, 0.3) is 0 Å². The molecule has 2 rings (SSSR count). The minimum atomic E-state index is 0.127. The molecule has 1 aliphatic heterocycles. The molecule has 0 aliphatic carbocycles. The van der Waals surface area contributed by atoms with Crippen LogP contribution in [-0.4, -0.2) is 18.0 Å². The van der Waals surface area contributed by atoms with E-state index in [-0.39, 0.29) is 11.9 Å². The molecule has 1 fully saturated rings. The Morgan fingerprint density at radius 1 is 1.10 bits per heavy atom. The molecule has 0 bridgehead atoms. The highest BCUT2D eigenvalue weighted by Gasteiger charge is 2.24. The Bertz CT molecular complexity index is 413. The van der Waals surface area contributed by atoms with Gasteiger partial charge in [-0.2, -0.15) is 0 Å². The van der Waals surface area contributed by atoms with Crippen molar-refractivity contribution in [1.82, 2.24) is 0 Å². The topological polar surface area (TPSA) is 26.3 Å². The smallest absolute Gasteiger partial charge is 0.165 e. The van der Waals surface area contributed by atoms with Gasteiger partial charge >= 0.3 is 0 Å². The maximum Gasteiger partial charge on any atom is 0.165 e. The molecule has 2 heteroatoms. The van der Waals surface area contributed by atoms with Crippen LogP contribution in [0.3, 0.4) is 0 Å². The predicted molar refractivity (Wildman–Crippen MR) is 86.7 cm³/mol. The number of benzene rings is 1. The van der Waals surface area contributed by atoms with E-state index in [0.717, 1.165) is 18.4 Å². The average Bonchev–Trinajstić information content (AvgIpc) is 2.53. The first kappa shape index (κ1) is 16.2. The molecule has 0 N–H and O–H groups in total. The molecule has 1 heterocycles. The molecule has 2 nitrogen and oxygen atoms in total. The van der Waals surface area contributed by atoms with Crippen LogP contribution >= 0.6 is 0 Å². The monoisotopic (exact) mass is 288 g/mol. The fourth-order valence-corrected chi connectivity index (χ4v) is 3.09. The van der Waals surface area contributed by atoms with Crippen LogP contribution in [0.5, 0.6) is 0 Å². The van der Waals surface area contributed by atoms with Crippen molar-refractivity contribution < 1.29 is 9.53 Å². The van der Waals surface area contributed by atoms with Gasteiger partial charge in [0.1, 0.15) is 0 Å². The Kier molecular flexibility index (Phi) is 6.94. The summed E-state index contributed by atoms with van der Waals surface area (Å²) in [6.45, 7) is 2.24. The van der Waals surface area contributed by atoms with E-state index in [0.29, 0.717) is 12.5 Å². The zero-order valence-corrected chi connectivity index (χ0v) is 13.2. The van der Waals surface area contributed by atoms with E-state index >= 15 is 0 Å². The zero-order chi connectivity index (χ0) is 14.9. The largest absolute Gasteiger partial charge is 0.375 e. The maximum atomic E-state index is 12.2. The molecule has 0 radical (unpaired) electrons. The summed E-state index contributed by atoms with van der Waals surface area (Å²) >= 11 is 0. The second kappa shape index (κ2) is 8.99. The molecule has 21 heavy (non-hydrogen) atoms. The summed E-state index contributed by atoms with van der Waals surface area (Å²) in [6.07, 6.45) is 10.8. The number of ketones is 1. The van der Waals surface area contributed by atoms with E-state index in [2.05, 4.69) is 6.92 Å². The van der Waals surface area contributed by atoms with Gasteiger partial charge in [-0.05, 0) is 25.7 Å². The second-order valence-corrected chi connectivity index (χ2v) is 6.15. The quantitative estimate of drug-likeness (QED) is 0.487. The van der Waals surface area contributed by atoms with Crippen LogP contribution in [0, 0.1) is 0 Å². The minimum absolute atomic E-state index is 0.127. The van der Waals surface area contributed by atoms with Crippen LogP contribution in [0.15, 0.2) is 30.3 Å². The third-order valence-electron chi connectivity index (χ3n) is 4.33. The predicted octanol–water partition coefficient (Wildman–Crippen LogP) is 5.17. The maximum absolute atomic E-state index is 12.2. The van der Waals surface area contributed by atoms with Gasteiger partial charge < -0.3 is 4.74 Å². The summed E-state index contributed by atoms with van der Waals surface area (Å²) in [6, 6.07) is 9.58. The number of hydrogen-bond acceptors (Lipinski definition) is 2. The first-order chi connectivity index (χ1) is 10.3. The molecule has 116 valence electrons. The van der Waals surface area contributed by atoms with Gasteiger partial charge in [-0.25, -0.2) is 0 Å². The van der Waals surface area contributed by atoms with Crippen LogP contribution in [0.2, 0.25) is 0 Å². The summed E-state index contributed by atoms with van der Waals surface area (Å²) in [4.78, 5) is 12.2. The summed E-state index contributed by atoms with van der Waals surface area (Å²) in [5, 5.41) is 0. The molecule has 0 aromatic heterocycles. The summed E-state index contributed by atoms with van der Waals surface area (Å²) in [5.41, 5.74) is 0.811. The molecule has 0 unspecified atom stereocenters.